The summed E-state index contributed by atoms with van der Waals surface area (Å²) in [6.45, 7) is 0.133. The van der Waals surface area contributed by atoms with Crippen molar-refractivity contribution in [3.63, 3.8) is 0 Å². The summed E-state index contributed by atoms with van der Waals surface area (Å²) in [6.07, 6.45) is 3.27. The Hall–Kier alpha value is -3.88. The third-order valence-electron chi connectivity index (χ3n) is 6.53. The molecule has 0 saturated carbocycles. The van der Waals surface area contributed by atoms with Gasteiger partial charge >= 0.3 is 5.69 Å². The van der Waals surface area contributed by atoms with E-state index in [1.165, 1.54) is 26.0 Å². The third kappa shape index (κ3) is 2.53. The van der Waals surface area contributed by atoms with Crippen molar-refractivity contribution >= 4 is 20.8 Å². The first kappa shape index (κ1) is 19.8. The van der Waals surface area contributed by atoms with E-state index in [2.05, 4.69) is 11.1 Å². The van der Waals surface area contributed by atoms with E-state index < -0.39 is 21.8 Å². The molecule has 6 rings (SSSR count). The highest BCUT2D eigenvalue weighted by Crippen LogP contribution is 2.50. The summed E-state index contributed by atoms with van der Waals surface area (Å²) in [7, 11) is -2.20. The molecular formula is C22H18N6O4S. The number of sulfonamides is 1. The van der Waals surface area contributed by atoms with E-state index in [-0.39, 0.29) is 29.2 Å². The molecule has 0 unspecified atom stereocenters. The predicted molar refractivity (Wildman–Crippen MR) is 117 cm³/mol. The normalized spacial score (nSPS) is 19.8. The number of fused-ring (bicyclic) bond motifs is 6. The number of rotatable bonds is 3. The number of aromatic nitrogens is 4. The summed E-state index contributed by atoms with van der Waals surface area (Å²) in [6, 6.07) is 11.5. The van der Waals surface area contributed by atoms with E-state index in [1.54, 1.807) is 48.0 Å². The fourth-order valence-electron chi connectivity index (χ4n) is 5.11. The van der Waals surface area contributed by atoms with Gasteiger partial charge in [0.1, 0.15) is 5.69 Å². The first-order chi connectivity index (χ1) is 15.8. The molecule has 2 bridgehead atoms. The molecule has 4 heterocycles. The highest BCUT2D eigenvalue weighted by molar-refractivity contribution is 7.89. The minimum Gasteiger partial charge on any atom is -0.493 e. The van der Waals surface area contributed by atoms with Crippen molar-refractivity contribution in [2.24, 2.45) is 7.05 Å². The van der Waals surface area contributed by atoms with Gasteiger partial charge in [-0.2, -0.15) is 9.57 Å². The van der Waals surface area contributed by atoms with E-state index in [9.17, 15) is 23.6 Å². The molecule has 2 aliphatic rings. The summed E-state index contributed by atoms with van der Waals surface area (Å²) in [5, 5.41) is 21.9. The Kier molecular flexibility index (Phi) is 3.94. The van der Waals surface area contributed by atoms with E-state index >= 15 is 0 Å². The van der Waals surface area contributed by atoms with Crippen LogP contribution in [0.25, 0.3) is 16.5 Å². The quantitative estimate of drug-likeness (QED) is 0.495. The van der Waals surface area contributed by atoms with E-state index in [0.29, 0.717) is 28.4 Å². The van der Waals surface area contributed by atoms with Crippen LogP contribution in [-0.4, -0.2) is 43.1 Å². The van der Waals surface area contributed by atoms with Gasteiger partial charge in [-0.25, -0.2) is 22.8 Å². The fraction of sp³-hybridized carbons (Fsp3) is 0.227. The average molecular weight is 462 g/mol. The van der Waals surface area contributed by atoms with Crippen LogP contribution in [0.15, 0.2) is 58.7 Å². The molecular weight excluding hydrogens is 444 g/mol. The van der Waals surface area contributed by atoms with Crippen molar-refractivity contribution in [3.05, 3.63) is 70.7 Å². The molecule has 1 N–H and O–H groups in total. The smallest absolute Gasteiger partial charge is 0.336 e. The Morgan fingerprint density at radius 2 is 1.94 bits per heavy atom. The molecule has 10 nitrogen and oxygen atoms in total. The lowest BCUT2D eigenvalue weighted by atomic mass is 10.0. The number of nitriles is 1. The van der Waals surface area contributed by atoms with Gasteiger partial charge in [0.05, 0.1) is 35.7 Å². The molecule has 11 heteroatoms. The molecule has 2 aromatic heterocycles. The fourth-order valence-corrected chi connectivity index (χ4v) is 6.72. The second-order valence-electron chi connectivity index (χ2n) is 8.34. The molecule has 1 saturated heterocycles. The molecule has 2 aromatic carbocycles. The molecule has 33 heavy (non-hydrogen) atoms. The van der Waals surface area contributed by atoms with Gasteiger partial charge in [-0.05, 0) is 18.6 Å². The predicted octanol–water partition coefficient (Wildman–Crippen LogP) is 1.79. The lowest BCUT2D eigenvalue weighted by molar-refractivity contribution is 0.341. The minimum absolute atomic E-state index is 0.0662. The van der Waals surface area contributed by atoms with Crippen LogP contribution < -0.4 is 5.69 Å². The highest BCUT2D eigenvalue weighted by Gasteiger charge is 2.52. The first-order valence-corrected chi connectivity index (χ1v) is 11.7. The highest BCUT2D eigenvalue weighted by atomic mass is 32.2. The number of aromatic hydroxyl groups is 1. The van der Waals surface area contributed by atoms with Crippen LogP contribution in [-0.2, 0) is 17.1 Å². The molecule has 0 amide bonds. The summed E-state index contributed by atoms with van der Waals surface area (Å²) >= 11 is 0. The van der Waals surface area contributed by atoms with Gasteiger partial charge in [0, 0.05) is 30.6 Å². The van der Waals surface area contributed by atoms with Gasteiger partial charge in [-0.15, -0.1) is 0 Å². The van der Waals surface area contributed by atoms with Crippen LogP contribution in [0.4, 0.5) is 0 Å². The van der Waals surface area contributed by atoms with Gasteiger partial charge in [-0.3, -0.25) is 4.57 Å². The second kappa shape index (κ2) is 6.57. The van der Waals surface area contributed by atoms with Gasteiger partial charge < -0.3 is 9.67 Å². The number of hydrogen-bond donors (Lipinski definition) is 1. The van der Waals surface area contributed by atoms with Crippen molar-refractivity contribution in [3.8, 4) is 17.6 Å². The second-order valence-corrected chi connectivity index (χ2v) is 10.2. The van der Waals surface area contributed by atoms with Gasteiger partial charge in [-0.1, -0.05) is 24.3 Å². The summed E-state index contributed by atoms with van der Waals surface area (Å²) in [4.78, 5) is 17.4. The van der Waals surface area contributed by atoms with Crippen LogP contribution in [0.2, 0.25) is 0 Å². The molecule has 4 aromatic rings. The summed E-state index contributed by atoms with van der Waals surface area (Å²) < 4.78 is 32.0. The third-order valence-corrected chi connectivity index (χ3v) is 8.29. The number of aryl methyl sites for hydroxylation is 1. The molecule has 0 spiro atoms. The Morgan fingerprint density at radius 3 is 2.64 bits per heavy atom. The molecule has 2 aliphatic heterocycles. The SMILES string of the molecule is Cn1cnc(S(=O)(=O)N2C[C@@H]3C[C@H]2c2c(O)n(-c4ccc(C#N)c5ccccc45)c(=O)n23)c1. The largest absolute Gasteiger partial charge is 0.493 e. The van der Waals surface area contributed by atoms with Crippen molar-refractivity contribution in [1.29, 1.82) is 5.26 Å². The number of nitrogens with zero attached hydrogens (tertiary/aromatic N) is 6. The molecule has 0 aliphatic carbocycles. The standard InChI is InChI=1S/C22H18N6O4S/c1-25-11-19(24-12-25)33(31,32)26-10-14-8-18(26)20-21(29)28(22(30)27(14)20)17-7-6-13(9-23)15-4-2-3-5-16(15)17/h2-7,11-12,14,18,29H,8,10H2,1H3/t14-,18-/m0/s1. The zero-order valence-electron chi connectivity index (χ0n) is 17.5. The van der Waals surface area contributed by atoms with E-state index in [0.717, 1.165) is 0 Å². The molecule has 2 atom stereocenters. The topological polar surface area (TPSA) is 126 Å². The minimum atomic E-state index is -3.89. The van der Waals surface area contributed by atoms with Crippen molar-refractivity contribution < 1.29 is 13.5 Å². The Bertz CT molecular complexity index is 1670. The lowest BCUT2D eigenvalue weighted by Crippen LogP contribution is -2.38. The molecule has 166 valence electrons. The van der Waals surface area contributed by atoms with Crippen LogP contribution in [0.3, 0.4) is 0 Å². The Morgan fingerprint density at radius 1 is 1.18 bits per heavy atom. The van der Waals surface area contributed by atoms with Crippen LogP contribution in [0.5, 0.6) is 5.88 Å². The first-order valence-electron chi connectivity index (χ1n) is 10.3. The van der Waals surface area contributed by atoms with Crippen LogP contribution in [0.1, 0.15) is 29.8 Å². The monoisotopic (exact) mass is 462 g/mol. The van der Waals surface area contributed by atoms with Gasteiger partial charge in [0.25, 0.3) is 10.0 Å². The average Bonchev–Trinajstić information content (AvgIpc) is 3.57. The maximum atomic E-state index is 13.4. The van der Waals surface area contributed by atoms with Crippen molar-refractivity contribution in [2.45, 2.75) is 23.5 Å². The van der Waals surface area contributed by atoms with Crippen molar-refractivity contribution in [1.82, 2.24) is 23.0 Å². The van der Waals surface area contributed by atoms with E-state index in [1.807, 2.05) is 0 Å². The number of imidazole rings is 2. The molecule has 0 radical (unpaired) electrons. The maximum absolute atomic E-state index is 13.4. The van der Waals surface area contributed by atoms with Crippen LogP contribution >= 0.6 is 0 Å². The van der Waals surface area contributed by atoms with Crippen molar-refractivity contribution in [2.75, 3.05) is 6.54 Å². The summed E-state index contributed by atoms with van der Waals surface area (Å²) in [5.41, 5.74) is 0.748. The number of hydrogen-bond acceptors (Lipinski definition) is 6. The molecule has 1 fully saturated rings. The Balaban J connectivity index is 1.52. The maximum Gasteiger partial charge on any atom is 0.336 e. The van der Waals surface area contributed by atoms with E-state index in [4.69, 9.17) is 0 Å². The zero-order valence-corrected chi connectivity index (χ0v) is 18.3. The van der Waals surface area contributed by atoms with Crippen LogP contribution in [0, 0.1) is 11.3 Å². The Labute approximate surface area is 188 Å². The van der Waals surface area contributed by atoms with Gasteiger partial charge in [0.2, 0.25) is 5.88 Å². The number of benzene rings is 2. The zero-order chi connectivity index (χ0) is 23.1. The van der Waals surface area contributed by atoms with Gasteiger partial charge in [0.15, 0.2) is 5.03 Å². The summed E-state index contributed by atoms with van der Waals surface area (Å²) in [5.74, 6) is -0.289. The lowest BCUT2D eigenvalue weighted by Gasteiger charge is -2.25.